The van der Waals surface area contributed by atoms with Crippen molar-refractivity contribution in [1.82, 2.24) is 10.6 Å². The highest BCUT2D eigenvalue weighted by Gasteiger charge is 2.49. The van der Waals surface area contributed by atoms with Gasteiger partial charge in [-0.25, -0.2) is 0 Å². The monoisotopic (exact) mass is 438 g/mol. The van der Waals surface area contributed by atoms with E-state index in [1.807, 2.05) is 18.2 Å². The van der Waals surface area contributed by atoms with Crippen molar-refractivity contribution in [3.63, 3.8) is 0 Å². The van der Waals surface area contributed by atoms with Gasteiger partial charge in [0, 0.05) is 17.5 Å². The van der Waals surface area contributed by atoms with Gasteiger partial charge in [0.2, 0.25) is 5.91 Å². The van der Waals surface area contributed by atoms with Crippen LogP contribution in [0, 0.1) is 5.92 Å². The maximum Gasteiger partial charge on any atom is 0.251 e. The van der Waals surface area contributed by atoms with Gasteiger partial charge in [0.05, 0.1) is 32.4 Å². The molecule has 2 aromatic carbocycles. The summed E-state index contributed by atoms with van der Waals surface area (Å²) in [4.78, 5) is 25.0. The highest BCUT2D eigenvalue weighted by Crippen LogP contribution is 2.32. The molecule has 0 bridgehead atoms. The largest absolute Gasteiger partial charge is 0.497 e. The molecule has 2 heterocycles. The molecule has 8 heteroatoms. The van der Waals surface area contributed by atoms with Crippen LogP contribution >= 0.6 is 0 Å². The van der Waals surface area contributed by atoms with E-state index < -0.39 is 0 Å². The summed E-state index contributed by atoms with van der Waals surface area (Å²) in [6.07, 6.45) is 1.38. The molecule has 2 saturated heterocycles. The minimum Gasteiger partial charge on any atom is -0.497 e. The fourth-order valence-corrected chi connectivity index (χ4v) is 4.15. The Balaban J connectivity index is 1.20. The quantitative estimate of drug-likeness (QED) is 0.689. The lowest BCUT2D eigenvalue weighted by Crippen LogP contribution is -2.47. The zero-order valence-corrected chi connectivity index (χ0v) is 17.8. The van der Waals surface area contributed by atoms with Crippen LogP contribution in [0.2, 0.25) is 0 Å². The van der Waals surface area contributed by atoms with E-state index in [1.54, 1.807) is 37.4 Å². The molecule has 2 aromatic rings. The number of carbonyl (C=O) groups excluding carboxylic acids is 2. The van der Waals surface area contributed by atoms with Gasteiger partial charge in [-0.1, -0.05) is 12.1 Å². The number of ether oxygens (including phenoxy) is 4. The van der Waals surface area contributed by atoms with E-state index in [0.717, 1.165) is 12.8 Å². The summed E-state index contributed by atoms with van der Waals surface area (Å²) in [7, 11) is 1.60. The molecular formula is C24H26N2O6. The van der Waals surface area contributed by atoms with Gasteiger partial charge in [-0.3, -0.25) is 9.59 Å². The molecule has 0 spiro atoms. The van der Waals surface area contributed by atoms with Gasteiger partial charge in [-0.2, -0.15) is 0 Å². The Morgan fingerprint density at radius 3 is 2.19 bits per heavy atom. The molecule has 2 aliphatic heterocycles. The number of rotatable bonds is 7. The van der Waals surface area contributed by atoms with Gasteiger partial charge >= 0.3 is 0 Å². The normalized spacial score (nSPS) is 26.3. The Kier molecular flexibility index (Phi) is 5.71. The Morgan fingerprint density at radius 2 is 1.50 bits per heavy atom. The lowest BCUT2D eigenvalue weighted by Gasteiger charge is -2.18. The van der Waals surface area contributed by atoms with Crippen LogP contribution in [0.15, 0.2) is 48.5 Å². The molecule has 4 atom stereocenters. The lowest BCUT2D eigenvalue weighted by molar-refractivity contribution is -0.123. The van der Waals surface area contributed by atoms with Crippen LogP contribution in [0.5, 0.6) is 17.2 Å². The fraction of sp³-hybridized carbons (Fsp3) is 0.417. The number of methoxy groups -OCH3 is 1. The van der Waals surface area contributed by atoms with Crippen molar-refractivity contribution in [2.45, 2.75) is 37.1 Å². The van der Waals surface area contributed by atoms with E-state index >= 15 is 0 Å². The Hall–Kier alpha value is -3.10. The minimum atomic E-state index is -0.279. The van der Waals surface area contributed by atoms with E-state index in [1.165, 1.54) is 0 Å². The fourth-order valence-electron chi connectivity index (χ4n) is 4.15. The average molecular weight is 438 g/mol. The van der Waals surface area contributed by atoms with Crippen LogP contribution in [-0.2, 0) is 14.3 Å². The first-order valence-corrected chi connectivity index (χ1v) is 10.9. The number of fused-ring (bicyclic) bond motifs is 1. The maximum absolute atomic E-state index is 12.9. The van der Waals surface area contributed by atoms with E-state index in [-0.39, 0.29) is 42.0 Å². The predicted molar refractivity (Wildman–Crippen MR) is 115 cm³/mol. The van der Waals surface area contributed by atoms with Crippen LogP contribution in [-0.4, -0.2) is 56.4 Å². The number of nitrogens with one attached hydrogen (secondary N) is 2. The van der Waals surface area contributed by atoms with Gasteiger partial charge in [-0.05, 0) is 43.2 Å². The second-order valence-corrected chi connectivity index (χ2v) is 8.37. The highest BCUT2D eigenvalue weighted by atomic mass is 16.6. The van der Waals surface area contributed by atoms with Crippen molar-refractivity contribution >= 4 is 11.8 Å². The van der Waals surface area contributed by atoms with E-state index in [2.05, 4.69) is 10.6 Å². The van der Waals surface area contributed by atoms with Gasteiger partial charge in [0.1, 0.15) is 29.5 Å². The van der Waals surface area contributed by atoms with E-state index in [0.29, 0.717) is 36.0 Å². The van der Waals surface area contributed by atoms with Crippen molar-refractivity contribution in [2.24, 2.45) is 5.92 Å². The molecule has 32 heavy (non-hydrogen) atoms. The number of hydrogen-bond donors (Lipinski definition) is 2. The molecule has 5 rings (SSSR count). The summed E-state index contributed by atoms with van der Waals surface area (Å²) in [6.45, 7) is 0.737. The molecule has 0 aromatic heterocycles. The summed E-state index contributed by atoms with van der Waals surface area (Å²) in [5.74, 6) is 1.83. The SMILES string of the molecule is COc1cccc(Oc2cccc(C(=O)NC3COC4C3OC[C@@H]4NC(=O)C3CC3)c2)c1. The average Bonchev–Trinajstić information content (AvgIpc) is 3.48. The topological polar surface area (TPSA) is 95.1 Å². The third-order valence-electron chi connectivity index (χ3n) is 6.02. The van der Waals surface area contributed by atoms with Crippen molar-refractivity contribution in [1.29, 1.82) is 0 Å². The standard InChI is InChI=1S/C24H26N2O6/c1-29-16-5-3-7-18(11-16)32-17-6-2-4-15(10-17)24(28)26-20-13-31-21-19(12-30-22(20)21)25-23(27)14-8-9-14/h2-7,10-11,14,19-22H,8-9,12-13H2,1H3,(H,25,27)(H,26,28)/t19-,20?,21?,22?/m0/s1. The molecule has 3 aliphatic rings. The zero-order chi connectivity index (χ0) is 22.1. The van der Waals surface area contributed by atoms with Crippen LogP contribution in [0.25, 0.3) is 0 Å². The molecule has 3 fully saturated rings. The van der Waals surface area contributed by atoms with E-state index in [9.17, 15) is 9.59 Å². The number of benzene rings is 2. The van der Waals surface area contributed by atoms with Crippen LogP contribution < -0.4 is 20.1 Å². The first-order valence-electron chi connectivity index (χ1n) is 10.9. The first kappa shape index (κ1) is 20.8. The second kappa shape index (κ2) is 8.80. The lowest BCUT2D eigenvalue weighted by atomic mass is 10.1. The summed E-state index contributed by atoms with van der Waals surface area (Å²) >= 11 is 0. The summed E-state index contributed by atoms with van der Waals surface area (Å²) < 4.78 is 22.8. The molecule has 8 nitrogen and oxygen atoms in total. The number of hydrogen-bond acceptors (Lipinski definition) is 6. The van der Waals surface area contributed by atoms with Gasteiger partial charge < -0.3 is 29.6 Å². The van der Waals surface area contributed by atoms with Crippen molar-refractivity contribution in [3.05, 3.63) is 54.1 Å². The predicted octanol–water partition coefficient (Wildman–Crippen LogP) is 2.28. The Labute approximate surface area is 186 Å². The highest BCUT2D eigenvalue weighted by molar-refractivity contribution is 5.94. The smallest absolute Gasteiger partial charge is 0.251 e. The molecule has 2 amide bonds. The zero-order valence-electron chi connectivity index (χ0n) is 17.8. The van der Waals surface area contributed by atoms with Crippen molar-refractivity contribution < 1.29 is 28.5 Å². The summed E-state index contributed by atoms with van der Waals surface area (Å²) in [5, 5.41) is 6.04. The van der Waals surface area contributed by atoms with Crippen molar-refractivity contribution in [2.75, 3.05) is 20.3 Å². The maximum atomic E-state index is 12.9. The molecule has 1 saturated carbocycles. The summed E-state index contributed by atoms with van der Waals surface area (Å²) in [6, 6.07) is 13.8. The molecule has 168 valence electrons. The molecule has 1 aliphatic carbocycles. The minimum absolute atomic E-state index is 0.0724. The molecule has 3 unspecified atom stereocenters. The third kappa shape index (κ3) is 4.42. The Bertz CT molecular complexity index is 1010. The van der Waals surface area contributed by atoms with E-state index in [4.69, 9.17) is 18.9 Å². The van der Waals surface area contributed by atoms with Crippen LogP contribution in [0.3, 0.4) is 0 Å². The third-order valence-corrected chi connectivity index (χ3v) is 6.02. The number of amides is 2. The molecular weight excluding hydrogens is 412 g/mol. The van der Waals surface area contributed by atoms with Gasteiger partial charge in [-0.15, -0.1) is 0 Å². The second-order valence-electron chi connectivity index (χ2n) is 8.37. The summed E-state index contributed by atoms with van der Waals surface area (Å²) in [5.41, 5.74) is 0.477. The van der Waals surface area contributed by atoms with Gasteiger partial charge in [0.25, 0.3) is 5.91 Å². The molecule has 0 radical (unpaired) electrons. The van der Waals surface area contributed by atoms with Crippen LogP contribution in [0.1, 0.15) is 23.2 Å². The van der Waals surface area contributed by atoms with Crippen LogP contribution in [0.4, 0.5) is 0 Å². The Morgan fingerprint density at radius 1 is 0.875 bits per heavy atom. The van der Waals surface area contributed by atoms with Gasteiger partial charge in [0.15, 0.2) is 0 Å². The number of carbonyl (C=O) groups is 2. The van der Waals surface area contributed by atoms with Crippen molar-refractivity contribution in [3.8, 4) is 17.2 Å². The molecule has 2 N–H and O–H groups in total. The first-order chi connectivity index (χ1) is 15.6.